The number of hydrogen-bond donors (Lipinski definition) is 2. The standard InChI is InChI=1S/C18H24Cl2N2O2/c1-18(2,16(23)21-12-8-5-3-4-6-9-12)17(24)22-15-13(19)10-7-11-14(15)20/h7,10-12H,3-6,8-9H2,1-2H3,(H,21,23)(H,22,24). The number of carbonyl (C=O) groups is 2. The van der Waals surface area contributed by atoms with Gasteiger partial charge in [0.15, 0.2) is 0 Å². The zero-order valence-corrected chi connectivity index (χ0v) is 15.6. The molecule has 0 atom stereocenters. The van der Waals surface area contributed by atoms with Crippen LogP contribution < -0.4 is 10.6 Å². The molecule has 1 fully saturated rings. The van der Waals surface area contributed by atoms with Gasteiger partial charge in [-0.1, -0.05) is 55.0 Å². The molecule has 0 aromatic heterocycles. The number of rotatable bonds is 4. The smallest absolute Gasteiger partial charge is 0.239 e. The highest BCUT2D eigenvalue weighted by Crippen LogP contribution is 2.31. The first-order valence-corrected chi connectivity index (χ1v) is 9.14. The number of anilines is 1. The van der Waals surface area contributed by atoms with Gasteiger partial charge in [0.2, 0.25) is 11.8 Å². The predicted molar refractivity (Wildman–Crippen MR) is 98.5 cm³/mol. The van der Waals surface area contributed by atoms with Gasteiger partial charge in [-0.15, -0.1) is 0 Å². The summed E-state index contributed by atoms with van der Waals surface area (Å²) in [5.74, 6) is -0.696. The molecule has 132 valence electrons. The van der Waals surface area contributed by atoms with Crippen LogP contribution in [0, 0.1) is 5.41 Å². The van der Waals surface area contributed by atoms with Gasteiger partial charge in [-0.3, -0.25) is 9.59 Å². The molecule has 1 aromatic rings. The van der Waals surface area contributed by atoms with Gasteiger partial charge < -0.3 is 10.6 Å². The van der Waals surface area contributed by atoms with Gasteiger partial charge in [0, 0.05) is 6.04 Å². The summed E-state index contributed by atoms with van der Waals surface area (Å²) in [7, 11) is 0. The van der Waals surface area contributed by atoms with Gasteiger partial charge in [0.25, 0.3) is 0 Å². The molecule has 1 aliphatic rings. The Morgan fingerprint density at radius 3 is 2.08 bits per heavy atom. The van der Waals surface area contributed by atoms with Crippen molar-refractivity contribution in [1.82, 2.24) is 5.32 Å². The molecule has 1 saturated carbocycles. The summed E-state index contributed by atoms with van der Waals surface area (Å²) in [6, 6.07) is 5.13. The largest absolute Gasteiger partial charge is 0.352 e. The van der Waals surface area contributed by atoms with Gasteiger partial charge in [0.1, 0.15) is 5.41 Å². The Labute approximate surface area is 153 Å². The molecule has 0 unspecified atom stereocenters. The second kappa shape index (κ2) is 8.21. The van der Waals surface area contributed by atoms with E-state index in [-0.39, 0.29) is 11.9 Å². The van der Waals surface area contributed by atoms with Crippen molar-refractivity contribution in [3.05, 3.63) is 28.2 Å². The summed E-state index contributed by atoms with van der Waals surface area (Å²) in [5, 5.41) is 6.40. The first-order valence-electron chi connectivity index (χ1n) is 8.39. The van der Waals surface area contributed by atoms with Crippen LogP contribution in [-0.2, 0) is 9.59 Å². The molecular weight excluding hydrogens is 347 g/mol. The fraction of sp³-hybridized carbons (Fsp3) is 0.556. The van der Waals surface area contributed by atoms with Crippen LogP contribution in [0.2, 0.25) is 10.0 Å². The van der Waals surface area contributed by atoms with E-state index < -0.39 is 11.3 Å². The van der Waals surface area contributed by atoms with Crippen LogP contribution in [0.3, 0.4) is 0 Å². The minimum atomic E-state index is -1.21. The molecule has 4 nitrogen and oxygen atoms in total. The third kappa shape index (κ3) is 4.64. The van der Waals surface area contributed by atoms with Crippen LogP contribution in [0.4, 0.5) is 5.69 Å². The zero-order chi connectivity index (χ0) is 17.7. The topological polar surface area (TPSA) is 58.2 Å². The number of carbonyl (C=O) groups excluding carboxylic acids is 2. The van der Waals surface area contributed by atoms with Gasteiger partial charge in [0.05, 0.1) is 15.7 Å². The Morgan fingerprint density at radius 2 is 1.54 bits per heavy atom. The average Bonchev–Trinajstić information content (AvgIpc) is 2.79. The lowest BCUT2D eigenvalue weighted by atomic mass is 9.90. The second-order valence-corrected chi connectivity index (χ2v) is 7.65. The van der Waals surface area contributed by atoms with Gasteiger partial charge in [-0.05, 0) is 38.8 Å². The van der Waals surface area contributed by atoms with Gasteiger partial charge >= 0.3 is 0 Å². The molecule has 0 heterocycles. The highest BCUT2D eigenvalue weighted by molar-refractivity contribution is 6.40. The molecule has 2 amide bonds. The summed E-state index contributed by atoms with van der Waals surface area (Å²) in [5.41, 5.74) is -0.879. The molecule has 0 aliphatic heterocycles. The number of amides is 2. The SMILES string of the molecule is CC(C)(C(=O)Nc1c(Cl)cccc1Cl)C(=O)NC1CCCCCC1. The average molecular weight is 371 g/mol. The maximum absolute atomic E-state index is 12.6. The van der Waals surface area contributed by atoms with Crippen molar-refractivity contribution in [2.45, 2.75) is 58.4 Å². The van der Waals surface area contributed by atoms with Crippen molar-refractivity contribution in [1.29, 1.82) is 0 Å². The number of hydrogen-bond acceptors (Lipinski definition) is 2. The first kappa shape index (κ1) is 19.1. The fourth-order valence-corrected chi connectivity index (χ4v) is 3.27. The minimum Gasteiger partial charge on any atom is -0.352 e. The molecule has 1 aliphatic carbocycles. The Balaban J connectivity index is 2.04. The number of nitrogens with one attached hydrogen (secondary N) is 2. The first-order chi connectivity index (χ1) is 11.3. The quantitative estimate of drug-likeness (QED) is 0.590. The molecule has 24 heavy (non-hydrogen) atoms. The number of para-hydroxylation sites is 1. The second-order valence-electron chi connectivity index (χ2n) is 6.84. The maximum Gasteiger partial charge on any atom is 0.239 e. The summed E-state index contributed by atoms with van der Waals surface area (Å²) < 4.78 is 0. The van der Waals surface area contributed by atoms with E-state index in [0.717, 1.165) is 25.7 Å². The number of benzene rings is 1. The lowest BCUT2D eigenvalue weighted by Crippen LogP contribution is -2.48. The molecule has 1 aromatic carbocycles. The molecular formula is C18H24Cl2N2O2. The Hall–Kier alpha value is -1.26. The molecule has 0 radical (unpaired) electrons. The summed E-state index contributed by atoms with van der Waals surface area (Å²) in [6.45, 7) is 3.22. The summed E-state index contributed by atoms with van der Waals surface area (Å²) in [6.07, 6.45) is 6.60. The van der Waals surface area contributed by atoms with E-state index >= 15 is 0 Å². The van der Waals surface area contributed by atoms with Crippen LogP contribution >= 0.6 is 23.2 Å². The minimum absolute atomic E-state index is 0.149. The lowest BCUT2D eigenvalue weighted by molar-refractivity contribution is -0.138. The van der Waals surface area contributed by atoms with Crippen molar-refractivity contribution in [2.75, 3.05) is 5.32 Å². The monoisotopic (exact) mass is 370 g/mol. The highest BCUT2D eigenvalue weighted by Gasteiger charge is 2.37. The van der Waals surface area contributed by atoms with E-state index in [0.29, 0.717) is 15.7 Å². The van der Waals surface area contributed by atoms with E-state index in [1.165, 1.54) is 12.8 Å². The highest BCUT2D eigenvalue weighted by atomic mass is 35.5. The fourth-order valence-electron chi connectivity index (χ4n) is 2.78. The maximum atomic E-state index is 12.6. The van der Waals surface area contributed by atoms with Crippen LogP contribution in [0.5, 0.6) is 0 Å². The van der Waals surface area contributed by atoms with Crippen LogP contribution in [0.15, 0.2) is 18.2 Å². The summed E-state index contributed by atoms with van der Waals surface area (Å²) >= 11 is 12.2. The van der Waals surface area contributed by atoms with E-state index in [2.05, 4.69) is 10.6 Å². The summed E-state index contributed by atoms with van der Waals surface area (Å²) in [4.78, 5) is 25.2. The van der Waals surface area contributed by atoms with Crippen molar-refractivity contribution in [2.24, 2.45) is 5.41 Å². The molecule has 6 heteroatoms. The zero-order valence-electron chi connectivity index (χ0n) is 14.1. The van der Waals surface area contributed by atoms with Crippen molar-refractivity contribution < 1.29 is 9.59 Å². The number of halogens is 2. The van der Waals surface area contributed by atoms with Crippen molar-refractivity contribution in [3.63, 3.8) is 0 Å². The molecule has 0 saturated heterocycles. The van der Waals surface area contributed by atoms with Crippen LogP contribution in [0.25, 0.3) is 0 Å². The normalized spacial score (nSPS) is 16.3. The van der Waals surface area contributed by atoms with Crippen LogP contribution in [-0.4, -0.2) is 17.9 Å². The molecule has 0 bridgehead atoms. The molecule has 2 N–H and O–H groups in total. The Morgan fingerprint density at radius 1 is 1.00 bits per heavy atom. The third-order valence-electron chi connectivity index (χ3n) is 4.53. The Kier molecular flexibility index (Phi) is 6.53. The van der Waals surface area contributed by atoms with Crippen LogP contribution in [0.1, 0.15) is 52.4 Å². The third-order valence-corrected chi connectivity index (χ3v) is 5.16. The molecule has 0 spiro atoms. The van der Waals surface area contributed by atoms with E-state index in [4.69, 9.17) is 23.2 Å². The van der Waals surface area contributed by atoms with Gasteiger partial charge in [-0.2, -0.15) is 0 Å². The van der Waals surface area contributed by atoms with Gasteiger partial charge in [-0.25, -0.2) is 0 Å². The van der Waals surface area contributed by atoms with E-state index in [1.807, 2.05) is 0 Å². The van der Waals surface area contributed by atoms with E-state index in [1.54, 1.807) is 32.0 Å². The predicted octanol–water partition coefficient (Wildman–Crippen LogP) is 4.80. The molecule has 2 rings (SSSR count). The van der Waals surface area contributed by atoms with Crippen molar-refractivity contribution in [3.8, 4) is 0 Å². The van der Waals surface area contributed by atoms with Crippen molar-refractivity contribution >= 4 is 40.7 Å². The van der Waals surface area contributed by atoms with E-state index in [9.17, 15) is 9.59 Å². The lowest BCUT2D eigenvalue weighted by Gasteiger charge is -2.26. The Bertz CT molecular complexity index is 589.